The van der Waals surface area contributed by atoms with Gasteiger partial charge in [0.15, 0.2) is 0 Å². The zero-order valence-electron chi connectivity index (χ0n) is 12.4. The molecular weight excluding hydrogens is 290 g/mol. The van der Waals surface area contributed by atoms with Gasteiger partial charge in [-0.15, -0.1) is 0 Å². The third-order valence-corrected chi connectivity index (χ3v) is 9.83. The van der Waals surface area contributed by atoms with Crippen LogP contribution in [0.25, 0.3) is 0 Å². The molecule has 0 bridgehead atoms. The van der Waals surface area contributed by atoms with Gasteiger partial charge in [-0.05, 0) is 39.3 Å². The Bertz CT molecular complexity index is 685. The second-order valence-electron chi connectivity index (χ2n) is 5.38. The molecular formula is C15H21NO2S2. The van der Waals surface area contributed by atoms with Gasteiger partial charge in [0.05, 0.1) is 9.73 Å². The zero-order valence-corrected chi connectivity index (χ0v) is 14.0. The summed E-state index contributed by atoms with van der Waals surface area (Å²) in [4.78, 5) is 0.672. The summed E-state index contributed by atoms with van der Waals surface area (Å²) in [6.45, 7) is 5.88. The van der Waals surface area contributed by atoms with E-state index in [0.29, 0.717) is 17.1 Å². The average molecular weight is 311 g/mol. The topological polar surface area (TPSA) is 46.5 Å². The van der Waals surface area contributed by atoms with Gasteiger partial charge in [-0.3, -0.25) is 4.21 Å². The van der Waals surface area contributed by atoms with E-state index in [1.165, 1.54) is 5.57 Å². The summed E-state index contributed by atoms with van der Waals surface area (Å²) >= 11 is 0. The van der Waals surface area contributed by atoms with Crippen molar-refractivity contribution in [1.29, 1.82) is 0 Å². The summed E-state index contributed by atoms with van der Waals surface area (Å²) in [6.07, 6.45) is 0.566. The van der Waals surface area contributed by atoms with Gasteiger partial charge < -0.3 is 0 Å². The standard InChI is InChI=1S/C15H21NO2S2/c1-12-10-15(3,19(17)11-13(12)2)20(18,16-4)14-8-6-5-7-9-14/h5-9H,10-11H2,1-4H3/t15-,19-,20+/m1/s1. The second-order valence-corrected chi connectivity index (χ2v) is 10.3. The molecule has 0 aliphatic carbocycles. The molecule has 1 aromatic rings. The lowest BCUT2D eigenvalue weighted by molar-refractivity contribution is 0.631. The molecule has 110 valence electrons. The smallest absolute Gasteiger partial charge is 0.134 e. The number of benzene rings is 1. The number of nitrogens with zero attached hydrogens (tertiary/aromatic N) is 1. The zero-order chi connectivity index (χ0) is 15.0. The van der Waals surface area contributed by atoms with Gasteiger partial charge in [-0.1, -0.05) is 29.3 Å². The van der Waals surface area contributed by atoms with E-state index in [1.807, 2.05) is 51.1 Å². The van der Waals surface area contributed by atoms with Crippen LogP contribution < -0.4 is 0 Å². The maximum Gasteiger partial charge on any atom is 0.134 e. The van der Waals surface area contributed by atoms with Gasteiger partial charge in [0.1, 0.15) is 4.08 Å². The lowest BCUT2D eigenvalue weighted by Gasteiger charge is -2.36. The van der Waals surface area contributed by atoms with E-state index in [4.69, 9.17) is 0 Å². The average Bonchev–Trinajstić information content (AvgIpc) is 2.45. The minimum atomic E-state index is -2.72. The lowest BCUT2D eigenvalue weighted by atomic mass is 10.1. The van der Waals surface area contributed by atoms with Crippen LogP contribution in [0, 0.1) is 0 Å². The van der Waals surface area contributed by atoms with Crippen molar-refractivity contribution in [2.45, 2.75) is 36.2 Å². The van der Waals surface area contributed by atoms with Crippen molar-refractivity contribution >= 4 is 20.5 Å². The molecule has 5 heteroatoms. The van der Waals surface area contributed by atoms with E-state index in [9.17, 15) is 8.42 Å². The van der Waals surface area contributed by atoms with E-state index in [1.54, 1.807) is 7.05 Å². The highest BCUT2D eigenvalue weighted by atomic mass is 32.3. The van der Waals surface area contributed by atoms with Gasteiger partial charge in [-0.25, -0.2) is 8.57 Å². The van der Waals surface area contributed by atoms with E-state index in [-0.39, 0.29) is 0 Å². The Kier molecular flexibility index (Phi) is 4.21. The van der Waals surface area contributed by atoms with Crippen molar-refractivity contribution in [2.75, 3.05) is 12.8 Å². The Morgan fingerprint density at radius 3 is 2.35 bits per heavy atom. The monoisotopic (exact) mass is 311 g/mol. The molecule has 0 fully saturated rings. The Balaban J connectivity index is 2.64. The fourth-order valence-corrected chi connectivity index (χ4v) is 7.62. The Morgan fingerprint density at radius 2 is 1.80 bits per heavy atom. The second kappa shape index (κ2) is 5.45. The van der Waals surface area contributed by atoms with Crippen LogP contribution in [0.15, 0.2) is 50.7 Å². The van der Waals surface area contributed by atoms with E-state index >= 15 is 0 Å². The Hall–Kier alpha value is -0.940. The van der Waals surface area contributed by atoms with Crippen LogP contribution in [0.2, 0.25) is 0 Å². The minimum Gasteiger partial charge on any atom is -0.258 e. The first-order chi connectivity index (χ1) is 9.35. The van der Waals surface area contributed by atoms with Gasteiger partial charge in [0, 0.05) is 28.5 Å². The van der Waals surface area contributed by atoms with Crippen molar-refractivity contribution in [3.05, 3.63) is 41.5 Å². The highest BCUT2D eigenvalue weighted by molar-refractivity contribution is 8.08. The summed E-state index contributed by atoms with van der Waals surface area (Å²) in [5.74, 6) is 0.488. The SMILES string of the molecule is CN=[S@](=O)(c1ccccc1)[C@]1(C)CC(C)=C(C)C[S@]1=O. The molecule has 1 aromatic carbocycles. The summed E-state index contributed by atoms with van der Waals surface area (Å²) in [5.41, 5.74) is 2.33. The molecule has 0 saturated heterocycles. The van der Waals surface area contributed by atoms with E-state index in [2.05, 4.69) is 4.36 Å². The minimum absolute atomic E-state index is 0.488. The predicted octanol–water partition coefficient (Wildman–Crippen LogP) is 3.35. The highest BCUT2D eigenvalue weighted by Gasteiger charge is 2.45. The summed E-state index contributed by atoms with van der Waals surface area (Å²) in [5, 5.41) is 0. The van der Waals surface area contributed by atoms with Gasteiger partial charge in [0.2, 0.25) is 0 Å². The number of hydrogen-bond acceptors (Lipinski definition) is 3. The first-order valence-electron chi connectivity index (χ1n) is 6.59. The molecule has 2 rings (SSSR count). The van der Waals surface area contributed by atoms with Crippen LogP contribution in [-0.2, 0) is 20.5 Å². The molecule has 20 heavy (non-hydrogen) atoms. The van der Waals surface area contributed by atoms with Crippen molar-refractivity contribution in [1.82, 2.24) is 0 Å². The van der Waals surface area contributed by atoms with Crippen molar-refractivity contribution in [3.63, 3.8) is 0 Å². The molecule has 0 N–H and O–H groups in total. The highest BCUT2D eigenvalue weighted by Crippen LogP contribution is 2.40. The predicted molar refractivity (Wildman–Crippen MR) is 85.6 cm³/mol. The van der Waals surface area contributed by atoms with Crippen LogP contribution in [0.4, 0.5) is 0 Å². The van der Waals surface area contributed by atoms with Crippen molar-refractivity contribution < 1.29 is 8.42 Å². The molecule has 1 heterocycles. The molecule has 1 aliphatic rings. The first-order valence-corrected chi connectivity index (χ1v) is 9.42. The van der Waals surface area contributed by atoms with Gasteiger partial charge >= 0.3 is 0 Å². The van der Waals surface area contributed by atoms with Crippen LogP contribution in [0.3, 0.4) is 0 Å². The Morgan fingerprint density at radius 1 is 1.20 bits per heavy atom. The number of allylic oxidation sites excluding steroid dienone is 1. The fraction of sp³-hybridized carbons (Fsp3) is 0.467. The van der Waals surface area contributed by atoms with Crippen LogP contribution in [0.1, 0.15) is 27.2 Å². The molecule has 0 radical (unpaired) electrons. The summed E-state index contributed by atoms with van der Waals surface area (Å²) < 4.78 is 29.6. The number of rotatable bonds is 2. The molecule has 3 atom stereocenters. The van der Waals surface area contributed by atoms with Crippen LogP contribution in [0.5, 0.6) is 0 Å². The number of hydrogen-bond donors (Lipinski definition) is 0. The molecule has 0 unspecified atom stereocenters. The Labute approximate surface area is 124 Å². The molecule has 3 nitrogen and oxygen atoms in total. The lowest BCUT2D eigenvalue weighted by Crippen LogP contribution is -2.43. The molecule has 1 aliphatic heterocycles. The maximum atomic E-state index is 13.5. The van der Waals surface area contributed by atoms with E-state index in [0.717, 1.165) is 5.57 Å². The van der Waals surface area contributed by atoms with Crippen LogP contribution in [-0.4, -0.2) is 25.3 Å². The molecule has 0 spiro atoms. The quantitative estimate of drug-likeness (QED) is 0.786. The molecule has 0 aromatic heterocycles. The maximum absolute atomic E-state index is 13.5. The largest absolute Gasteiger partial charge is 0.258 e. The third kappa shape index (κ3) is 2.27. The van der Waals surface area contributed by atoms with E-state index < -0.39 is 24.6 Å². The molecule has 0 saturated carbocycles. The normalized spacial score (nSPS) is 29.9. The van der Waals surface area contributed by atoms with Crippen LogP contribution >= 0.6 is 0 Å². The fourth-order valence-electron chi connectivity index (χ4n) is 2.56. The van der Waals surface area contributed by atoms with Crippen molar-refractivity contribution in [3.8, 4) is 0 Å². The van der Waals surface area contributed by atoms with Gasteiger partial charge in [-0.2, -0.15) is 0 Å². The van der Waals surface area contributed by atoms with Gasteiger partial charge in [0.25, 0.3) is 0 Å². The summed E-state index contributed by atoms with van der Waals surface area (Å²) in [6, 6.07) is 9.22. The first kappa shape index (κ1) is 15.4. The van der Waals surface area contributed by atoms with Crippen molar-refractivity contribution in [2.24, 2.45) is 4.36 Å². The molecule has 0 amide bonds. The third-order valence-electron chi connectivity index (χ3n) is 4.05. The summed E-state index contributed by atoms with van der Waals surface area (Å²) in [7, 11) is -2.35.